The summed E-state index contributed by atoms with van der Waals surface area (Å²) in [6.45, 7) is 12.6. The van der Waals surface area contributed by atoms with Crippen molar-refractivity contribution in [1.29, 1.82) is 0 Å². The van der Waals surface area contributed by atoms with Crippen LogP contribution >= 0.6 is 0 Å². The third-order valence-corrected chi connectivity index (χ3v) is 4.08. The molecule has 1 aromatic carbocycles. The van der Waals surface area contributed by atoms with Crippen molar-refractivity contribution in [2.45, 2.75) is 39.8 Å². The molecular formula is C18H30N2O. The molecule has 3 heteroatoms. The number of aliphatic hydroxyl groups is 1. The van der Waals surface area contributed by atoms with Crippen molar-refractivity contribution in [3.63, 3.8) is 0 Å². The van der Waals surface area contributed by atoms with Crippen molar-refractivity contribution in [3.05, 3.63) is 35.9 Å². The van der Waals surface area contributed by atoms with Gasteiger partial charge in [0.1, 0.15) is 0 Å². The van der Waals surface area contributed by atoms with Gasteiger partial charge >= 0.3 is 0 Å². The Bertz CT molecular complexity index is 413. The van der Waals surface area contributed by atoms with Crippen molar-refractivity contribution >= 4 is 0 Å². The molecule has 21 heavy (non-hydrogen) atoms. The van der Waals surface area contributed by atoms with Gasteiger partial charge in [0.25, 0.3) is 0 Å². The molecule has 1 aliphatic heterocycles. The minimum absolute atomic E-state index is 0.277. The summed E-state index contributed by atoms with van der Waals surface area (Å²) in [5, 5.41) is 9.38. The second-order valence-electron chi connectivity index (χ2n) is 7.42. The second kappa shape index (κ2) is 7.39. The van der Waals surface area contributed by atoms with E-state index >= 15 is 0 Å². The largest absolute Gasteiger partial charge is 0.396 e. The smallest absolute Gasteiger partial charge is 0.0446 e. The predicted octanol–water partition coefficient (Wildman–Crippen LogP) is 2.60. The van der Waals surface area contributed by atoms with E-state index in [9.17, 15) is 5.11 Å². The summed E-state index contributed by atoms with van der Waals surface area (Å²) in [5.41, 5.74) is 1.70. The summed E-state index contributed by atoms with van der Waals surface area (Å²) in [6.07, 6.45) is 0.869. The quantitative estimate of drug-likeness (QED) is 0.903. The topological polar surface area (TPSA) is 26.7 Å². The lowest BCUT2D eigenvalue weighted by molar-refractivity contribution is 0.0382. The highest BCUT2D eigenvalue weighted by Gasteiger charge is 2.28. The molecular weight excluding hydrogens is 260 g/mol. The molecule has 0 radical (unpaired) electrons. The number of hydrogen-bond donors (Lipinski definition) is 1. The van der Waals surface area contributed by atoms with E-state index in [1.54, 1.807) is 0 Å². The van der Waals surface area contributed by atoms with Crippen molar-refractivity contribution < 1.29 is 5.11 Å². The Hall–Kier alpha value is -0.900. The van der Waals surface area contributed by atoms with Crippen LogP contribution in [0.1, 0.15) is 32.8 Å². The molecule has 0 aliphatic carbocycles. The molecule has 0 bridgehead atoms. The summed E-state index contributed by atoms with van der Waals surface area (Å²) < 4.78 is 0. The van der Waals surface area contributed by atoms with Crippen LogP contribution < -0.4 is 0 Å². The number of hydrogen-bond acceptors (Lipinski definition) is 3. The van der Waals surface area contributed by atoms with Crippen LogP contribution in [0.2, 0.25) is 0 Å². The van der Waals surface area contributed by atoms with Crippen LogP contribution in [0.3, 0.4) is 0 Å². The molecule has 1 aliphatic rings. The fourth-order valence-corrected chi connectivity index (χ4v) is 3.22. The highest BCUT2D eigenvalue weighted by atomic mass is 16.3. The number of rotatable bonds is 5. The van der Waals surface area contributed by atoms with E-state index in [1.807, 2.05) is 0 Å². The lowest BCUT2D eigenvalue weighted by Gasteiger charge is -2.43. The van der Waals surface area contributed by atoms with Crippen LogP contribution in [0.15, 0.2) is 30.3 Å². The first kappa shape index (κ1) is 16.5. The molecule has 1 saturated heterocycles. The van der Waals surface area contributed by atoms with Crippen LogP contribution in [-0.4, -0.2) is 53.7 Å². The number of piperazine rings is 1. The van der Waals surface area contributed by atoms with Gasteiger partial charge in [0.15, 0.2) is 0 Å². The van der Waals surface area contributed by atoms with Gasteiger partial charge in [0.05, 0.1) is 0 Å². The minimum Gasteiger partial charge on any atom is -0.396 e. The molecule has 1 fully saturated rings. The zero-order chi connectivity index (χ0) is 15.3. The molecule has 1 atom stereocenters. The summed E-state index contributed by atoms with van der Waals surface area (Å²) in [4.78, 5) is 5.09. The van der Waals surface area contributed by atoms with Gasteiger partial charge in [0, 0.05) is 45.4 Å². The predicted molar refractivity (Wildman–Crippen MR) is 88.2 cm³/mol. The van der Waals surface area contributed by atoms with E-state index in [0.29, 0.717) is 11.5 Å². The molecule has 2 rings (SSSR count). The number of nitrogens with zero attached hydrogens (tertiary/aromatic N) is 2. The average Bonchev–Trinajstić information content (AvgIpc) is 2.41. The standard InChI is InChI=1S/C18H30N2O/c1-18(2,3)15-19-10-11-20(17(14-19)9-12-21)13-16-7-5-4-6-8-16/h4-8,17,21H,9-15H2,1-3H3. The summed E-state index contributed by atoms with van der Waals surface area (Å²) >= 11 is 0. The lowest BCUT2D eigenvalue weighted by Crippen LogP contribution is -2.54. The maximum absolute atomic E-state index is 9.38. The summed E-state index contributed by atoms with van der Waals surface area (Å²) in [5.74, 6) is 0. The van der Waals surface area contributed by atoms with E-state index in [4.69, 9.17) is 0 Å². The van der Waals surface area contributed by atoms with E-state index in [-0.39, 0.29) is 6.61 Å². The van der Waals surface area contributed by atoms with Gasteiger partial charge < -0.3 is 5.11 Å². The summed E-state index contributed by atoms with van der Waals surface area (Å²) in [6, 6.07) is 11.1. The molecule has 1 unspecified atom stereocenters. The fourth-order valence-electron chi connectivity index (χ4n) is 3.22. The van der Waals surface area contributed by atoms with Gasteiger partial charge in [-0.25, -0.2) is 0 Å². The van der Waals surface area contributed by atoms with Gasteiger partial charge in [-0.1, -0.05) is 51.1 Å². The first-order chi connectivity index (χ1) is 9.98. The first-order valence-electron chi connectivity index (χ1n) is 8.09. The Balaban J connectivity index is 1.96. The maximum Gasteiger partial charge on any atom is 0.0446 e. The number of aliphatic hydroxyl groups excluding tert-OH is 1. The Morgan fingerprint density at radius 3 is 2.48 bits per heavy atom. The van der Waals surface area contributed by atoms with Crippen LogP contribution in [0.25, 0.3) is 0 Å². The van der Waals surface area contributed by atoms with Crippen molar-refractivity contribution in [2.75, 3.05) is 32.8 Å². The molecule has 1 aromatic rings. The monoisotopic (exact) mass is 290 g/mol. The molecule has 118 valence electrons. The zero-order valence-electron chi connectivity index (χ0n) is 13.8. The van der Waals surface area contributed by atoms with Gasteiger partial charge in [-0.3, -0.25) is 9.80 Å². The SMILES string of the molecule is CC(C)(C)CN1CCN(Cc2ccccc2)C(CCO)C1. The second-order valence-corrected chi connectivity index (χ2v) is 7.42. The van der Waals surface area contributed by atoms with Gasteiger partial charge in [0.2, 0.25) is 0 Å². The molecule has 1 heterocycles. The molecule has 0 spiro atoms. The molecule has 0 aromatic heterocycles. The number of benzene rings is 1. The van der Waals surface area contributed by atoms with Crippen LogP contribution in [0, 0.1) is 5.41 Å². The Morgan fingerprint density at radius 2 is 1.86 bits per heavy atom. The first-order valence-corrected chi connectivity index (χ1v) is 8.09. The van der Waals surface area contributed by atoms with Gasteiger partial charge in [-0.2, -0.15) is 0 Å². The lowest BCUT2D eigenvalue weighted by atomic mass is 9.95. The third kappa shape index (κ3) is 5.42. The van der Waals surface area contributed by atoms with Gasteiger partial charge in [-0.15, -0.1) is 0 Å². The Labute approximate surface area is 129 Å². The Morgan fingerprint density at radius 1 is 1.14 bits per heavy atom. The summed E-state index contributed by atoms with van der Waals surface area (Å²) in [7, 11) is 0. The van der Waals surface area contributed by atoms with E-state index in [1.165, 1.54) is 5.56 Å². The van der Waals surface area contributed by atoms with E-state index in [2.05, 4.69) is 60.9 Å². The third-order valence-electron chi connectivity index (χ3n) is 4.08. The maximum atomic E-state index is 9.38. The average molecular weight is 290 g/mol. The van der Waals surface area contributed by atoms with Crippen LogP contribution in [-0.2, 0) is 6.54 Å². The highest BCUT2D eigenvalue weighted by Crippen LogP contribution is 2.21. The highest BCUT2D eigenvalue weighted by molar-refractivity contribution is 5.14. The van der Waals surface area contributed by atoms with E-state index in [0.717, 1.165) is 39.1 Å². The fraction of sp³-hybridized carbons (Fsp3) is 0.667. The van der Waals surface area contributed by atoms with Gasteiger partial charge in [-0.05, 0) is 17.4 Å². The van der Waals surface area contributed by atoms with Crippen LogP contribution in [0.4, 0.5) is 0 Å². The molecule has 0 amide bonds. The van der Waals surface area contributed by atoms with Crippen LogP contribution in [0.5, 0.6) is 0 Å². The van der Waals surface area contributed by atoms with Crippen molar-refractivity contribution in [2.24, 2.45) is 5.41 Å². The molecule has 1 N–H and O–H groups in total. The molecule has 3 nitrogen and oxygen atoms in total. The zero-order valence-corrected chi connectivity index (χ0v) is 13.8. The minimum atomic E-state index is 0.277. The van der Waals surface area contributed by atoms with E-state index < -0.39 is 0 Å². The van der Waals surface area contributed by atoms with Crippen molar-refractivity contribution in [3.8, 4) is 0 Å². The Kier molecular flexibility index (Phi) is 5.80. The van der Waals surface area contributed by atoms with Crippen molar-refractivity contribution in [1.82, 2.24) is 9.80 Å². The normalized spacial score (nSPS) is 21.6. The molecule has 0 saturated carbocycles.